The van der Waals surface area contributed by atoms with Crippen molar-refractivity contribution in [2.24, 2.45) is 0 Å². The van der Waals surface area contributed by atoms with Gasteiger partial charge in [-0.1, -0.05) is 6.08 Å². The van der Waals surface area contributed by atoms with E-state index in [1.54, 1.807) is 26.0 Å². The zero-order chi connectivity index (χ0) is 18.7. The number of hydrogen-bond acceptors (Lipinski definition) is 7. The molecule has 1 N–H and O–H groups in total. The zero-order valence-corrected chi connectivity index (χ0v) is 14.9. The SMILES string of the molecule is CC=C1C[C@]2(CO)O[C@@]2(C)C(=O)OCC2=CC[N+]3([O-])CC[C@@H](OC1=O)[C@@H]23. The van der Waals surface area contributed by atoms with Crippen LogP contribution in [0.15, 0.2) is 23.3 Å². The van der Waals surface area contributed by atoms with Crippen LogP contribution in [0.5, 0.6) is 0 Å². The van der Waals surface area contributed by atoms with Gasteiger partial charge in [-0.05, 0) is 19.9 Å². The molecule has 4 rings (SSSR count). The second-order valence-electron chi connectivity index (χ2n) is 7.67. The molecule has 4 heterocycles. The molecule has 0 aromatic rings. The van der Waals surface area contributed by atoms with Crippen molar-refractivity contribution in [1.29, 1.82) is 0 Å². The van der Waals surface area contributed by atoms with Gasteiger partial charge in [-0.2, -0.15) is 0 Å². The Morgan fingerprint density at radius 2 is 2.23 bits per heavy atom. The third-order valence-corrected chi connectivity index (χ3v) is 6.28. The standard InChI is InChI=1S/C18H23NO7/c1-3-11-8-18(10-20)17(2,26-18)16(22)24-9-12-4-6-19(23)7-5-13(14(12)19)25-15(11)21/h3-4,13-14,20H,5-10H2,1-2H3/t13-,14-,17+,18-,19?/m1/s1. The molecule has 0 aromatic heterocycles. The maximum Gasteiger partial charge on any atom is 0.341 e. The normalized spacial score (nSPS) is 46.5. The number of hydrogen-bond donors (Lipinski definition) is 1. The predicted molar refractivity (Wildman–Crippen MR) is 88.4 cm³/mol. The van der Waals surface area contributed by atoms with Crippen LogP contribution < -0.4 is 0 Å². The highest BCUT2D eigenvalue weighted by Crippen LogP contribution is 2.53. The lowest BCUT2D eigenvalue weighted by Crippen LogP contribution is -2.48. The molecule has 5 atom stereocenters. The van der Waals surface area contributed by atoms with E-state index < -0.39 is 46.5 Å². The molecule has 3 saturated heterocycles. The number of quaternary nitrogens is 1. The first-order valence-corrected chi connectivity index (χ1v) is 8.90. The van der Waals surface area contributed by atoms with Gasteiger partial charge < -0.3 is 29.2 Å². The zero-order valence-electron chi connectivity index (χ0n) is 14.9. The molecule has 8 heteroatoms. The second-order valence-corrected chi connectivity index (χ2v) is 7.67. The largest absolute Gasteiger partial charge is 0.632 e. The average Bonchev–Trinajstić information content (AvgIpc) is 2.89. The second kappa shape index (κ2) is 5.63. The smallest absolute Gasteiger partial charge is 0.341 e. The van der Waals surface area contributed by atoms with Crippen LogP contribution in [0.4, 0.5) is 0 Å². The summed E-state index contributed by atoms with van der Waals surface area (Å²) in [5.41, 5.74) is -1.52. The van der Waals surface area contributed by atoms with Gasteiger partial charge >= 0.3 is 11.9 Å². The summed E-state index contributed by atoms with van der Waals surface area (Å²) in [6.07, 6.45) is 3.35. The number of esters is 2. The summed E-state index contributed by atoms with van der Waals surface area (Å²) >= 11 is 0. The Kier molecular flexibility index (Phi) is 3.82. The molecular weight excluding hydrogens is 342 g/mol. The number of fused-ring (bicyclic) bond motifs is 1. The van der Waals surface area contributed by atoms with Gasteiger partial charge in [0, 0.05) is 24.0 Å². The fraction of sp³-hybridized carbons (Fsp3) is 0.667. The Morgan fingerprint density at radius 3 is 2.92 bits per heavy atom. The fourth-order valence-electron chi connectivity index (χ4n) is 4.49. The number of ether oxygens (including phenoxy) is 3. The van der Waals surface area contributed by atoms with E-state index in [1.807, 2.05) is 0 Å². The van der Waals surface area contributed by atoms with Crippen LogP contribution in [0, 0.1) is 5.21 Å². The molecule has 4 aliphatic rings. The molecule has 0 aliphatic carbocycles. The minimum absolute atomic E-state index is 0.0310. The van der Waals surface area contributed by atoms with E-state index >= 15 is 0 Å². The molecule has 0 aromatic carbocycles. The first-order chi connectivity index (χ1) is 12.3. The fourth-order valence-corrected chi connectivity index (χ4v) is 4.49. The lowest BCUT2D eigenvalue weighted by Gasteiger charge is -2.40. The molecule has 8 nitrogen and oxygen atoms in total. The van der Waals surface area contributed by atoms with Crippen LogP contribution in [-0.4, -0.2) is 71.3 Å². The molecule has 0 spiro atoms. The quantitative estimate of drug-likeness (QED) is 0.178. The van der Waals surface area contributed by atoms with Crippen LogP contribution in [-0.2, 0) is 23.8 Å². The molecule has 4 aliphatic heterocycles. The summed E-state index contributed by atoms with van der Waals surface area (Å²) in [5.74, 6) is -1.13. The lowest BCUT2D eigenvalue weighted by atomic mass is 9.88. The van der Waals surface area contributed by atoms with Crippen LogP contribution >= 0.6 is 0 Å². The number of carbonyl (C=O) groups excluding carboxylic acids is 2. The first-order valence-electron chi connectivity index (χ1n) is 8.90. The summed E-state index contributed by atoms with van der Waals surface area (Å²) in [6.45, 7) is 3.44. The lowest BCUT2D eigenvalue weighted by molar-refractivity contribution is -0.877. The molecule has 0 saturated carbocycles. The third kappa shape index (κ3) is 2.29. The van der Waals surface area contributed by atoms with E-state index in [2.05, 4.69) is 0 Å². The monoisotopic (exact) mass is 365 g/mol. The van der Waals surface area contributed by atoms with E-state index in [9.17, 15) is 19.9 Å². The van der Waals surface area contributed by atoms with Crippen molar-refractivity contribution < 1.29 is 33.6 Å². The minimum atomic E-state index is -1.33. The summed E-state index contributed by atoms with van der Waals surface area (Å²) in [4.78, 5) is 25.3. The summed E-state index contributed by atoms with van der Waals surface area (Å²) in [5, 5.41) is 22.7. The molecule has 0 bridgehead atoms. The molecule has 142 valence electrons. The Labute approximate surface area is 151 Å². The Bertz CT molecular complexity index is 731. The van der Waals surface area contributed by atoms with Crippen molar-refractivity contribution in [2.75, 3.05) is 26.3 Å². The van der Waals surface area contributed by atoms with Crippen molar-refractivity contribution in [3.63, 3.8) is 0 Å². The highest BCUT2D eigenvalue weighted by atomic mass is 16.7. The van der Waals surface area contributed by atoms with Crippen molar-refractivity contribution in [1.82, 2.24) is 0 Å². The van der Waals surface area contributed by atoms with Gasteiger partial charge in [-0.3, -0.25) is 0 Å². The van der Waals surface area contributed by atoms with Crippen molar-refractivity contribution in [3.8, 4) is 0 Å². The van der Waals surface area contributed by atoms with E-state index in [1.165, 1.54) is 0 Å². The number of allylic oxidation sites excluding steroid dienone is 1. The van der Waals surface area contributed by atoms with Crippen LogP contribution in [0.25, 0.3) is 0 Å². The maximum atomic E-state index is 12.9. The molecule has 1 unspecified atom stereocenters. The van der Waals surface area contributed by atoms with Gasteiger partial charge in [0.25, 0.3) is 0 Å². The van der Waals surface area contributed by atoms with E-state index in [4.69, 9.17) is 14.2 Å². The number of aliphatic hydroxyl groups excluding tert-OH is 1. The molecule has 0 radical (unpaired) electrons. The maximum absolute atomic E-state index is 12.9. The van der Waals surface area contributed by atoms with Gasteiger partial charge in [0.1, 0.15) is 12.2 Å². The third-order valence-electron chi connectivity index (χ3n) is 6.28. The molecular formula is C18H23NO7. The number of rotatable bonds is 1. The summed E-state index contributed by atoms with van der Waals surface area (Å²) < 4.78 is 16.2. The van der Waals surface area contributed by atoms with E-state index in [-0.39, 0.29) is 19.6 Å². The van der Waals surface area contributed by atoms with Gasteiger partial charge in [-0.15, -0.1) is 0 Å². The van der Waals surface area contributed by atoms with E-state index in [0.29, 0.717) is 24.1 Å². The number of epoxide rings is 1. The minimum Gasteiger partial charge on any atom is -0.632 e. The predicted octanol–water partition coefficient (Wildman–Crippen LogP) is 0.338. The van der Waals surface area contributed by atoms with Crippen LogP contribution in [0.2, 0.25) is 0 Å². The van der Waals surface area contributed by atoms with Crippen molar-refractivity contribution in [2.45, 2.75) is 50.0 Å². The number of nitrogens with zero attached hydrogens (tertiary/aromatic N) is 1. The Hall–Kier alpha value is -1.74. The Balaban J connectivity index is 1.69. The number of aliphatic hydroxyl groups is 1. The molecule has 0 amide bonds. The number of carbonyl (C=O) groups is 2. The molecule has 3 fully saturated rings. The molecule has 26 heavy (non-hydrogen) atoms. The highest BCUT2D eigenvalue weighted by molar-refractivity contribution is 5.90. The van der Waals surface area contributed by atoms with Crippen LogP contribution in [0.3, 0.4) is 0 Å². The summed E-state index contributed by atoms with van der Waals surface area (Å²) in [6, 6.07) is -0.528. The van der Waals surface area contributed by atoms with Crippen molar-refractivity contribution >= 4 is 11.9 Å². The number of cyclic esters (lactones) is 1. The summed E-state index contributed by atoms with van der Waals surface area (Å²) in [7, 11) is 0. The van der Waals surface area contributed by atoms with Crippen molar-refractivity contribution in [3.05, 3.63) is 28.5 Å². The highest BCUT2D eigenvalue weighted by Gasteiger charge is 2.73. The first kappa shape index (κ1) is 17.7. The average molecular weight is 365 g/mol. The topological polar surface area (TPSA) is 108 Å². The van der Waals surface area contributed by atoms with E-state index in [0.717, 1.165) is 0 Å². The number of hydroxylamine groups is 3. The van der Waals surface area contributed by atoms with Gasteiger partial charge in [-0.25, -0.2) is 9.59 Å². The van der Waals surface area contributed by atoms with Gasteiger partial charge in [0.05, 0.1) is 19.7 Å². The van der Waals surface area contributed by atoms with Gasteiger partial charge in [0.15, 0.2) is 17.7 Å². The Morgan fingerprint density at radius 1 is 1.46 bits per heavy atom. The van der Waals surface area contributed by atoms with Crippen LogP contribution in [0.1, 0.15) is 26.7 Å². The van der Waals surface area contributed by atoms with Gasteiger partial charge in [0.2, 0.25) is 0 Å².